The molecule has 12 heteroatoms. The highest BCUT2D eigenvalue weighted by molar-refractivity contribution is 8.24. The van der Waals surface area contributed by atoms with Crippen LogP contribution in [0.15, 0.2) is 42.5 Å². The first-order valence-electron chi connectivity index (χ1n) is 14.2. The Kier molecular flexibility index (Phi) is 7.87. The summed E-state index contributed by atoms with van der Waals surface area (Å²) in [4.78, 5) is 21.4. The van der Waals surface area contributed by atoms with Gasteiger partial charge in [0.05, 0.1) is 33.8 Å². The van der Waals surface area contributed by atoms with Crippen LogP contribution in [-0.2, 0) is 4.79 Å². The summed E-state index contributed by atoms with van der Waals surface area (Å²) >= 11 is 1.36. The van der Waals surface area contributed by atoms with Crippen LogP contribution in [0.1, 0.15) is 50.1 Å². The van der Waals surface area contributed by atoms with Gasteiger partial charge in [0.1, 0.15) is 17.2 Å². The Balaban J connectivity index is 1.32. The van der Waals surface area contributed by atoms with Crippen LogP contribution in [0.5, 0.6) is 0 Å². The van der Waals surface area contributed by atoms with Crippen molar-refractivity contribution in [1.29, 1.82) is 5.26 Å². The van der Waals surface area contributed by atoms with Crippen molar-refractivity contribution in [2.24, 2.45) is 5.92 Å². The number of halogens is 2. The van der Waals surface area contributed by atoms with Crippen LogP contribution < -0.4 is 15.5 Å². The van der Waals surface area contributed by atoms with Gasteiger partial charge < -0.3 is 15.5 Å². The van der Waals surface area contributed by atoms with E-state index in [4.69, 9.17) is 4.98 Å². The minimum atomic E-state index is -2.50. The van der Waals surface area contributed by atoms with Crippen LogP contribution in [-0.4, -0.2) is 50.1 Å². The molecule has 1 saturated heterocycles. The van der Waals surface area contributed by atoms with Gasteiger partial charge in [0.15, 0.2) is 5.13 Å². The summed E-state index contributed by atoms with van der Waals surface area (Å²) in [5.41, 5.74) is 1.99. The van der Waals surface area contributed by atoms with Crippen molar-refractivity contribution in [3.05, 3.63) is 59.8 Å². The lowest BCUT2D eigenvalue weighted by atomic mass is 9.76. The summed E-state index contributed by atoms with van der Waals surface area (Å²) in [6, 6.07) is 13.6. The second-order valence-corrected chi connectivity index (χ2v) is 14.8. The standard InChI is InChI=1S/C30H33F2N5O3S2/c31-20-7-10-25(24(32)17-20)34-29-35-26(22-3-1-2-4-23(22)28(38)36-30(18-33)11-12-30)27(41-29)19-5-8-21(9-6-19)37-13-15-42(39,40)16-14-37/h5-10,17,22-23,39-40H,1-4,11-16H2,(H,34,35)(H,36,38)/t22-,23-/m1/s1. The van der Waals surface area contributed by atoms with E-state index in [0.717, 1.165) is 47.2 Å². The Labute approximate surface area is 249 Å². The number of thiazole rings is 1. The summed E-state index contributed by atoms with van der Waals surface area (Å²) in [5, 5.41) is 16.0. The Bertz CT molecular complexity index is 1510. The second kappa shape index (κ2) is 11.4. The molecular weight excluding hydrogens is 580 g/mol. The van der Waals surface area contributed by atoms with Crippen LogP contribution >= 0.6 is 21.9 Å². The molecule has 0 spiro atoms. The molecule has 1 amide bonds. The molecular formula is C30H33F2N5O3S2. The van der Waals surface area contributed by atoms with Gasteiger partial charge in [-0.3, -0.25) is 13.9 Å². The summed E-state index contributed by atoms with van der Waals surface area (Å²) in [6.07, 6.45) is 4.63. The number of aromatic nitrogens is 1. The van der Waals surface area contributed by atoms with E-state index in [-0.39, 0.29) is 23.4 Å². The predicted octanol–water partition coefficient (Wildman–Crippen LogP) is 6.85. The molecule has 222 valence electrons. The minimum absolute atomic E-state index is 0.109. The molecule has 42 heavy (non-hydrogen) atoms. The molecule has 4 N–H and O–H groups in total. The predicted molar refractivity (Wildman–Crippen MR) is 162 cm³/mol. The van der Waals surface area contributed by atoms with Crippen LogP contribution in [0.3, 0.4) is 0 Å². The number of hydrogen-bond donors (Lipinski definition) is 4. The maximum Gasteiger partial charge on any atom is 0.225 e. The largest absolute Gasteiger partial charge is 0.368 e. The maximum absolute atomic E-state index is 14.5. The lowest BCUT2D eigenvalue weighted by molar-refractivity contribution is -0.127. The average molecular weight is 614 g/mol. The highest BCUT2D eigenvalue weighted by Crippen LogP contribution is 2.47. The molecule has 2 aromatic carbocycles. The van der Waals surface area contributed by atoms with Crippen molar-refractivity contribution >= 4 is 44.3 Å². The van der Waals surface area contributed by atoms with Gasteiger partial charge in [0.25, 0.3) is 0 Å². The molecule has 0 bridgehead atoms. The molecule has 3 aliphatic rings. The number of anilines is 3. The lowest BCUT2D eigenvalue weighted by Gasteiger charge is -2.41. The molecule has 0 unspecified atom stereocenters. The second-order valence-electron chi connectivity index (χ2n) is 11.4. The summed E-state index contributed by atoms with van der Waals surface area (Å²) in [6.45, 7) is 1.13. The molecule has 2 saturated carbocycles. The molecule has 1 aromatic heterocycles. The number of rotatable bonds is 7. The quantitative estimate of drug-likeness (QED) is 0.230. The molecule has 6 rings (SSSR count). The molecule has 0 radical (unpaired) electrons. The number of amides is 1. The first kappa shape index (κ1) is 28.9. The SMILES string of the molecule is N#CC1(NC(=O)[C@@H]2CCCC[C@H]2c2nc(Nc3ccc(F)cc3F)sc2-c2ccc(N3CCS(O)(O)CC3)cc2)CC1. The number of hydrogen-bond acceptors (Lipinski definition) is 8. The van der Waals surface area contributed by atoms with E-state index in [0.29, 0.717) is 49.0 Å². The third-order valence-corrected chi connectivity index (χ3v) is 11.2. The molecule has 2 heterocycles. The van der Waals surface area contributed by atoms with Gasteiger partial charge in [-0.05, 0) is 55.5 Å². The van der Waals surface area contributed by atoms with Crippen LogP contribution in [0, 0.1) is 28.9 Å². The number of nitrogens with zero attached hydrogens (tertiary/aromatic N) is 3. The molecule has 3 fully saturated rings. The number of carbonyl (C=O) groups is 1. The van der Waals surface area contributed by atoms with Gasteiger partial charge >= 0.3 is 0 Å². The van der Waals surface area contributed by atoms with Gasteiger partial charge in [-0.2, -0.15) is 15.9 Å². The topological polar surface area (TPSA) is 122 Å². The van der Waals surface area contributed by atoms with E-state index in [1.165, 1.54) is 23.5 Å². The van der Waals surface area contributed by atoms with Crippen molar-refractivity contribution in [3.63, 3.8) is 0 Å². The molecule has 3 aromatic rings. The Morgan fingerprint density at radius 2 is 1.81 bits per heavy atom. The number of benzene rings is 2. The lowest BCUT2D eigenvalue weighted by Crippen LogP contribution is -2.42. The zero-order valence-corrected chi connectivity index (χ0v) is 24.6. The zero-order chi connectivity index (χ0) is 29.5. The van der Waals surface area contributed by atoms with E-state index in [9.17, 15) is 27.9 Å². The number of carbonyl (C=O) groups excluding carboxylic acids is 1. The van der Waals surface area contributed by atoms with Gasteiger partial charge in [-0.1, -0.05) is 36.3 Å². The number of nitrogens with one attached hydrogen (secondary N) is 2. The van der Waals surface area contributed by atoms with E-state index < -0.39 is 27.8 Å². The highest BCUT2D eigenvalue weighted by Gasteiger charge is 2.47. The fraction of sp³-hybridized carbons (Fsp3) is 0.433. The minimum Gasteiger partial charge on any atom is -0.368 e. The van der Waals surface area contributed by atoms with Gasteiger partial charge in [0, 0.05) is 36.7 Å². The molecule has 8 nitrogen and oxygen atoms in total. The number of nitriles is 1. The van der Waals surface area contributed by atoms with Crippen LogP contribution in [0.2, 0.25) is 0 Å². The average Bonchev–Trinajstić information content (AvgIpc) is 3.63. The molecule has 2 aliphatic carbocycles. The van der Waals surface area contributed by atoms with E-state index in [2.05, 4.69) is 21.6 Å². The normalized spacial score (nSPS) is 23.5. The van der Waals surface area contributed by atoms with Crippen molar-refractivity contribution < 1.29 is 22.7 Å². The van der Waals surface area contributed by atoms with Crippen LogP contribution in [0.25, 0.3) is 10.4 Å². The van der Waals surface area contributed by atoms with Crippen molar-refractivity contribution in [1.82, 2.24) is 10.3 Å². The Morgan fingerprint density at radius 3 is 2.48 bits per heavy atom. The van der Waals surface area contributed by atoms with Gasteiger partial charge in [-0.15, -0.1) is 0 Å². The van der Waals surface area contributed by atoms with Gasteiger partial charge in [0.2, 0.25) is 5.91 Å². The third kappa shape index (κ3) is 6.10. The third-order valence-electron chi connectivity index (χ3n) is 8.48. The van der Waals surface area contributed by atoms with E-state index in [1.54, 1.807) is 0 Å². The summed E-state index contributed by atoms with van der Waals surface area (Å²) < 4.78 is 48.0. The monoisotopic (exact) mass is 613 g/mol. The summed E-state index contributed by atoms with van der Waals surface area (Å²) in [5.74, 6) is -1.34. The summed E-state index contributed by atoms with van der Waals surface area (Å²) in [7, 11) is -2.50. The zero-order valence-electron chi connectivity index (χ0n) is 23.0. The molecule has 1 aliphatic heterocycles. The smallest absolute Gasteiger partial charge is 0.225 e. The maximum atomic E-state index is 14.5. The van der Waals surface area contributed by atoms with Crippen molar-refractivity contribution in [3.8, 4) is 16.5 Å². The Hall–Kier alpha value is -3.24. The Morgan fingerprint density at radius 1 is 1.10 bits per heavy atom. The first-order valence-corrected chi connectivity index (χ1v) is 16.9. The fourth-order valence-electron chi connectivity index (χ4n) is 5.85. The van der Waals surface area contributed by atoms with Crippen molar-refractivity contribution in [2.45, 2.75) is 50.0 Å². The van der Waals surface area contributed by atoms with Crippen LogP contribution in [0.4, 0.5) is 25.3 Å². The van der Waals surface area contributed by atoms with Crippen molar-refractivity contribution in [2.75, 3.05) is 34.8 Å². The molecule has 2 atom stereocenters. The van der Waals surface area contributed by atoms with E-state index >= 15 is 0 Å². The highest BCUT2D eigenvalue weighted by atomic mass is 32.3. The van der Waals surface area contributed by atoms with Gasteiger partial charge in [-0.25, -0.2) is 13.8 Å². The first-order chi connectivity index (χ1) is 20.2. The van der Waals surface area contributed by atoms with E-state index in [1.807, 2.05) is 24.3 Å². The fourth-order valence-corrected chi connectivity index (χ4v) is 8.13.